The molecule has 0 aliphatic carbocycles. The molecule has 2 N–H and O–H groups in total. The summed E-state index contributed by atoms with van der Waals surface area (Å²) in [5.74, 6) is -0.567. The summed E-state index contributed by atoms with van der Waals surface area (Å²) in [7, 11) is 2.71. The van der Waals surface area contributed by atoms with E-state index in [9.17, 15) is 9.59 Å². The number of anilines is 1. The highest BCUT2D eigenvalue weighted by atomic mass is 79.9. The van der Waals surface area contributed by atoms with E-state index in [0.717, 1.165) is 0 Å². The molecule has 0 fully saturated rings. The third-order valence-corrected chi connectivity index (χ3v) is 4.70. The molecule has 0 atom stereocenters. The number of para-hydroxylation sites is 1. The maximum absolute atomic E-state index is 12.6. The molecular formula is C16H12BrCl3N2O4. The van der Waals surface area contributed by atoms with E-state index < -0.39 is 11.9 Å². The molecule has 6 nitrogen and oxygen atoms in total. The third kappa shape index (κ3) is 4.35. The molecule has 26 heavy (non-hydrogen) atoms. The number of carbonyl (C=O) groups excluding carboxylic acids is 2. The van der Waals surface area contributed by atoms with Crippen LogP contribution in [-0.2, 0) is 0 Å². The number of imide groups is 1. The van der Waals surface area contributed by atoms with Gasteiger partial charge in [0.15, 0.2) is 5.75 Å². The first-order valence-corrected chi connectivity index (χ1v) is 8.89. The summed E-state index contributed by atoms with van der Waals surface area (Å²) in [5, 5.41) is 5.19. The first kappa shape index (κ1) is 20.6. The van der Waals surface area contributed by atoms with Crippen molar-refractivity contribution in [2.75, 3.05) is 19.5 Å². The summed E-state index contributed by atoms with van der Waals surface area (Å²) in [6.45, 7) is 0. The molecular weight excluding hydrogens is 470 g/mol. The Bertz CT molecular complexity index is 829. The van der Waals surface area contributed by atoms with Crippen LogP contribution < -0.4 is 20.1 Å². The minimum Gasteiger partial charge on any atom is -0.495 e. The minimum atomic E-state index is -0.842. The maximum atomic E-state index is 12.6. The number of carbonyl (C=O) groups is 2. The Balaban J connectivity index is 2.31. The second-order valence-electron chi connectivity index (χ2n) is 4.79. The molecule has 138 valence electrons. The monoisotopic (exact) mass is 480 g/mol. The molecule has 2 aromatic carbocycles. The van der Waals surface area contributed by atoms with Crippen molar-refractivity contribution in [2.45, 2.75) is 0 Å². The first-order valence-electron chi connectivity index (χ1n) is 6.96. The van der Waals surface area contributed by atoms with E-state index >= 15 is 0 Å². The summed E-state index contributed by atoms with van der Waals surface area (Å²) in [6, 6.07) is 5.39. The van der Waals surface area contributed by atoms with E-state index in [1.165, 1.54) is 20.3 Å². The van der Waals surface area contributed by atoms with Gasteiger partial charge in [0.1, 0.15) is 11.3 Å². The predicted molar refractivity (Wildman–Crippen MR) is 105 cm³/mol. The predicted octanol–water partition coefficient (Wildman–Crippen LogP) is 5.39. The van der Waals surface area contributed by atoms with E-state index in [-0.39, 0.29) is 37.8 Å². The molecule has 0 radical (unpaired) electrons. The topological polar surface area (TPSA) is 76.7 Å². The zero-order chi connectivity index (χ0) is 19.4. The van der Waals surface area contributed by atoms with E-state index in [2.05, 4.69) is 26.6 Å². The summed E-state index contributed by atoms with van der Waals surface area (Å²) in [4.78, 5) is 24.8. The van der Waals surface area contributed by atoms with Crippen molar-refractivity contribution in [1.29, 1.82) is 0 Å². The highest BCUT2D eigenvalue weighted by Crippen LogP contribution is 2.41. The van der Waals surface area contributed by atoms with Gasteiger partial charge in [0, 0.05) is 0 Å². The van der Waals surface area contributed by atoms with Gasteiger partial charge in [0.2, 0.25) is 0 Å². The SMILES string of the molecule is COc1c(Cl)cc(Br)c(OC)c1C(=O)NC(=O)Nc1c(Cl)cccc1Cl. The van der Waals surface area contributed by atoms with Crippen molar-refractivity contribution in [3.05, 3.63) is 49.4 Å². The second-order valence-corrected chi connectivity index (χ2v) is 6.86. The van der Waals surface area contributed by atoms with Crippen molar-refractivity contribution < 1.29 is 19.1 Å². The van der Waals surface area contributed by atoms with Crippen LogP contribution in [0.3, 0.4) is 0 Å². The largest absolute Gasteiger partial charge is 0.495 e. The highest BCUT2D eigenvalue weighted by Gasteiger charge is 2.25. The summed E-state index contributed by atoms with van der Waals surface area (Å²) in [6.07, 6.45) is 0. The van der Waals surface area contributed by atoms with Crippen LogP contribution in [0.2, 0.25) is 15.1 Å². The van der Waals surface area contributed by atoms with E-state index in [4.69, 9.17) is 44.3 Å². The van der Waals surface area contributed by atoms with Gasteiger partial charge in [0.05, 0.1) is 39.4 Å². The molecule has 0 aromatic heterocycles. The average molecular weight is 483 g/mol. The Kier molecular flexibility index (Phi) is 7.00. The number of hydrogen-bond donors (Lipinski definition) is 2. The lowest BCUT2D eigenvalue weighted by atomic mass is 10.1. The molecule has 0 saturated heterocycles. The quantitative estimate of drug-likeness (QED) is 0.613. The molecule has 3 amide bonds. The van der Waals surface area contributed by atoms with Crippen LogP contribution in [0, 0.1) is 0 Å². The van der Waals surface area contributed by atoms with Crippen LogP contribution in [0.4, 0.5) is 10.5 Å². The van der Waals surface area contributed by atoms with Crippen LogP contribution in [0.15, 0.2) is 28.7 Å². The highest BCUT2D eigenvalue weighted by molar-refractivity contribution is 9.10. The molecule has 0 unspecified atom stereocenters. The van der Waals surface area contributed by atoms with Crippen molar-refractivity contribution in [3.8, 4) is 11.5 Å². The van der Waals surface area contributed by atoms with Crippen LogP contribution in [0.5, 0.6) is 11.5 Å². The van der Waals surface area contributed by atoms with Gasteiger partial charge in [-0.25, -0.2) is 4.79 Å². The number of halogens is 4. The van der Waals surface area contributed by atoms with Crippen molar-refractivity contribution in [2.24, 2.45) is 0 Å². The van der Waals surface area contributed by atoms with E-state index in [1.807, 2.05) is 0 Å². The molecule has 0 spiro atoms. The van der Waals surface area contributed by atoms with Gasteiger partial charge in [-0.05, 0) is 34.1 Å². The number of hydrogen-bond acceptors (Lipinski definition) is 4. The number of ether oxygens (including phenoxy) is 2. The van der Waals surface area contributed by atoms with Crippen molar-refractivity contribution >= 4 is 68.4 Å². The Labute approximate surface area is 172 Å². The zero-order valence-corrected chi connectivity index (χ0v) is 17.3. The van der Waals surface area contributed by atoms with Gasteiger partial charge >= 0.3 is 6.03 Å². The van der Waals surface area contributed by atoms with E-state index in [1.54, 1.807) is 18.2 Å². The Morgan fingerprint density at radius 1 is 1.00 bits per heavy atom. The smallest absolute Gasteiger partial charge is 0.326 e. The number of nitrogens with one attached hydrogen (secondary N) is 2. The molecule has 0 bridgehead atoms. The van der Waals surface area contributed by atoms with Crippen LogP contribution in [0.25, 0.3) is 0 Å². The fourth-order valence-electron chi connectivity index (χ4n) is 2.12. The maximum Gasteiger partial charge on any atom is 0.326 e. The lowest BCUT2D eigenvalue weighted by molar-refractivity contribution is 0.0961. The zero-order valence-electron chi connectivity index (χ0n) is 13.5. The fraction of sp³-hybridized carbons (Fsp3) is 0.125. The molecule has 0 aliphatic rings. The Morgan fingerprint density at radius 3 is 2.12 bits per heavy atom. The number of rotatable bonds is 4. The summed E-state index contributed by atoms with van der Waals surface area (Å²) < 4.78 is 10.8. The van der Waals surface area contributed by atoms with Gasteiger partial charge in [-0.2, -0.15) is 0 Å². The Hall–Kier alpha value is -1.67. The summed E-state index contributed by atoms with van der Waals surface area (Å²) >= 11 is 21.3. The second kappa shape index (κ2) is 8.81. The van der Waals surface area contributed by atoms with Gasteiger partial charge in [-0.1, -0.05) is 40.9 Å². The number of methoxy groups -OCH3 is 2. The molecule has 2 aromatic rings. The number of urea groups is 1. The molecule has 0 aliphatic heterocycles. The van der Waals surface area contributed by atoms with Crippen molar-refractivity contribution in [1.82, 2.24) is 5.32 Å². The normalized spacial score (nSPS) is 10.2. The van der Waals surface area contributed by atoms with Gasteiger partial charge in [-0.3, -0.25) is 10.1 Å². The van der Waals surface area contributed by atoms with Gasteiger partial charge in [0.25, 0.3) is 5.91 Å². The molecule has 2 rings (SSSR count). The van der Waals surface area contributed by atoms with Gasteiger partial charge in [-0.15, -0.1) is 0 Å². The van der Waals surface area contributed by atoms with Crippen LogP contribution in [0.1, 0.15) is 10.4 Å². The fourth-order valence-corrected chi connectivity index (χ4v) is 3.61. The Morgan fingerprint density at radius 2 is 1.58 bits per heavy atom. The summed E-state index contributed by atoms with van der Waals surface area (Å²) in [5.41, 5.74) is 0.127. The minimum absolute atomic E-state index is 0.0465. The van der Waals surface area contributed by atoms with Gasteiger partial charge < -0.3 is 14.8 Å². The van der Waals surface area contributed by atoms with Crippen molar-refractivity contribution in [3.63, 3.8) is 0 Å². The molecule has 0 heterocycles. The van der Waals surface area contributed by atoms with E-state index in [0.29, 0.717) is 4.47 Å². The lowest BCUT2D eigenvalue weighted by Crippen LogP contribution is -2.35. The number of benzene rings is 2. The third-order valence-electron chi connectivity index (χ3n) is 3.21. The standard InChI is InChI=1S/C16H12BrCl3N2O4/c1-25-13-7(17)6-10(20)14(26-2)11(13)15(23)22-16(24)21-12-8(18)4-3-5-9(12)19/h3-6H,1-2H3,(H2,21,22,23,24). The molecule has 0 saturated carbocycles. The van der Waals surface area contributed by atoms with Crippen LogP contribution >= 0.6 is 50.7 Å². The average Bonchev–Trinajstić information content (AvgIpc) is 2.57. The first-order chi connectivity index (χ1) is 12.3. The van der Waals surface area contributed by atoms with Crippen LogP contribution in [-0.4, -0.2) is 26.2 Å². The lowest BCUT2D eigenvalue weighted by Gasteiger charge is -2.16. The molecule has 10 heteroatoms. The number of amides is 3.